The molecule has 8 nitrogen and oxygen atoms in total. The van der Waals surface area contributed by atoms with E-state index in [1.807, 2.05) is 36.6 Å². The molecular weight excluding hydrogens is 419 g/mol. The molecule has 0 bridgehead atoms. The van der Waals surface area contributed by atoms with Crippen LogP contribution in [0, 0.1) is 0 Å². The highest BCUT2D eigenvalue weighted by molar-refractivity contribution is 7.97. The first-order chi connectivity index (χ1) is 15.0. The van der Waals surface area contributed by atoms with Crippen LogP contribution in [0.3, 0.4) is 0 Å². The summed E-state index contributed by atoms with van der Waals surface area (Å²) in [7, 11) is 1.25. The summed E-state index contributed by atoms with van der Waals surface area (Å²) in [4.78, 5) is 23.7. The first kappa shape index (κ1) is 22.8. The number of anilines is 2. The predicted octanol–water partition coefficient (Wildman–Crippen LogP) is 2.66. The Balaban J connectivity index is 1.69. The van der Waals surface area contributed by atoms with Crippen molar-refractivity contribution in [3.8, 4) is 11.4 Å². The number of halogens is 1. The molecule has 1 aliphatic heterocycles. The van der Waals surface area contributed by atoms with E-state index in [4.69, 9.17) is 14.7 Å². The summed E-state index contributed by atoms with van der Waals surface area (Å²) in [6.07, 6.45) is 4.60. The third-order valence-electron chi connectivity index (χ3n) is 4.48. The van der Waals surface area contributed by atoms with Crippen molar-refractivity contribution in [3.63, 3.8) is 0 Å². The van der Waals surface area contributed by atoms with Gasteiger partial charge in [-0.1, -0.05) is 0 Å². The van der Waals surface area contributed by atoms with Crippen LogP contribution in [0.15, 0.2) is 42.7 Å². The number of hydrogen-bond acceptors (Lipinski definition) is 8. The lowest BCUT2D eigenvalue weighted by molar-refractivity contribution is -0.115. The Morgan fingerprint density at radius 3 is 2.71 bits per heavy atom. The number of hydrogen-bond donors (Lipinski definition) is 2. The number of morpholine rings is 1. The van der Waals surface area contributed by atoms with Gasteiger partial charge in [-0.2, -0.15) is 11.8 Å². The molecule has 0 radical (unpaired) electrons. The van der Waals surface area contributed by atoms with Gasteiger partial charge in [-0.3, -0.25) is 4.79 Å². The van der Waals surface area contributed by atoms with E-state index in [1.165, 1.54) is 19.4 Å². The van der Waals surface area contributed by atoms with Crippen LogP contribution in [0.25, 0.3) is 11.4 Å². The van der Waals surface area contributed by atoms with Crippen LogP contribution in [0.4, 0.5) is 16.0 Å². The van der Waals surface area contributed by atoms with Crippen molar-refractivity contribution in [2.75, 3.05) is 56.4 Å². The number of nitrogens with one attached hydrogen (secondary N) is 2. The van der Waals surface area contributed by atoms with Crippen LogP contribution in [0.2, 0.25) is 0 Å². The summed E-state index contributed by atoms with van der Waals surface area (Å²) in [6, 6.07) is 9.46. The topological polar surface area (TPSA) is 82.6 Å². The summed E-state index contributed by atoms with van der Waals surface area (Å²) in [5.74, 6) is 2.15. The molecule has 2 heterocycles. The van der Waals surface area contributed by atoms with Crippen LogP contribution in [0.5, 0.6) is 0 Å². The van der Waals surface area contributed by atoms with Crippen molar-refractivity contribution < 1.29 is 14.0 Å². The van der Waals surface area contributed by atoms with Gasteiger partial charge in [0.1, 0.15) is 5.82 Å². The number of amides is 1. The Labute approximate surface area is 185 Å². The van der Waals surface area contributed by atoms with Gasteiger partial charge in [0.2, 0.25) is 5.91 Å². The molecule has 0 atom stereocenters. The lowest BCUT2D eigenvalue weighted by Gasteiger charge is -2.28. The summed E-state index contributed by atoms with van der Waals surface area (Å²) in [5.41, 5.74) is 2.52. The highest BCUT2D eigenvalue weighted by atomic mass is 32.2. The number of benzene rings is 1. The van der Waals surface area contributed by atoms with E-state index in [1.54, 1.807) is 11.8 Å². The molecule has 1 aromatic heterocycles. The predicted molar refractivity (Wildman–Crippen MR) is 122 cm³/mol. The fourth-order valence-corrected chi connectivity index (χ4v) is 3.45. The lowest BCUT2D eigenvalue weighted by Crippen LogP contribution is -2.37. The Kier molecular flexibility index (Phi) is 8.48. The van der Waals surface area contributed by atoms with E-state index in [-0.39, 0.29) is 12.5 Å². The number of carbonyl (C=O) groups excluding carboxylic acids is 1. The highest BCUT2D eigenvalue weighted by Crippen LogP contribution is 2.24. The third-order valence-corrected chi connectivity index (χ3v) is 5.06. The zero-order valence-corrected chi connectivity index (χ0v) is 18.5. The van der Waals surface area contributed by atoms with Crippen LogP contribution < -0.4 is 15.5 Å². The van der Waals surface area contributed by atoms with E-state index < -0.39 is 0 Å². The monoisotopic (exact) mass is 446 g/mol. The summed E-state index contributed by atoms with van der Waals surface area (Å²) < 4.78 is 18.0. The molecule has 166 valence electrons. The van der Waals surface area contributed by atoms with Gasteiger partial charge in [0, 0.05) is 55.6 Å². The quantitative estimate of drug-likeness (QED) is 0.569. The smallest absolute Gasteiger partial charge is 0.243 e. The lowest BCUT2D eigenvalue weighted by atomic mass is 10.2. The number of thioether (sulfide) groups is 1. The molecular formula is C21H27FN6O2S. The number of aromatic nitrogens is 2. The fraction of sp³-hybridized carbons (Fsp3) is 0.381. The molecule has 1 aromatic carbocycles. The van der Waals surface area contributed by atoms with Crippen LogP contribution in [0.1, 0.15) is 5.69 Å². The van der Waals surface area contributed by atoms with Gasteiger partial charge in [-0.25, -0.2) is 15.1 Å². The second-order valence-corrected chi connectivity index (χ2v) is 7.79. The highest BCUT2D eigenvalue weighted by Gasteiger charge is 2.16. The van der Waals surface area contributed by atoms with E-state index >= 15 is 0 Å². The van der Waals surface area contributed by atoms with Crippen LogP contribution in [-0.4, -0.2) is 67.1 Å². The Bertz CT molecular complexity index is 888. The van der Waals surface area contributed by atoms with Gasteiger partial charge >= 0.3 is 0 Å². The summed E-state index contributed by atoms with van der Waals surface area (Å²) >= 11 is 1.72. The van der Waals surface area contributed by atoms with Crippen molar-refractivity contribution in [1.82, 2.24) is 20.4 Å². The zero-order chi connectivity index (χ0) is 22.1. The minimum absolute atomic E-state index is 0.0365. The molecule has 10 heteroatoms. The molecule has 3 rings (SSSR count). The molecule has 0 unspecified atom stereocenters. The van der Waals surface area contributed by atoms with E-state index in [0.29, 0.717) is 29.8 Å². The SMILES string of the molecule is CSCc1cc(N2CCOCC2)nc(-c2ccc(NC(=O)CN/C=C\N(C)F)cc2)n1. The average Bonchev–Trinajstić information content (AvgIpc) is 2.78. The zero-order valence-electron chi connectivity index (χ0n) is 17.7. The Hall–Kier alpha value is -2.85. The van der Waals surface area contributed by atoms with Gasteiger partial charge in [0.05, 0.1) is 25.5 Å². The van der Waals surface area contributed by atoms with Gasteiger partial charge < -0.3 is 20.3 Å². The molecule has 1 saturated heterocycles. The normalized spacial score (nSPS) is 14.0. The maximum Gasteiger partial charge on any atom is 0.243 e. The van der Waals surface area contributed by atoms with Crippen molar-refractivity contribution in [2.24, 2.45) is 0 Å². The van der Waals surface area contributed by atoms with E-state index in [2.05, 4.69) is 15.5 Å². The number of ether oxygens (including phenoxy) is 1. The minimum atomic E-state index is -0.230. The molecule has 0 spiro atoms. The average molecular weight is 447 g/mol. The Morgan fingerprint density at radius 1 is 1.29 bits per heavy atom. The number of rotatable bonds is 9. The fourth-order valence-electron chi connectivity index (χ4n) is 3.00. The first-order valence-corrected chi connectivity index (χ1v) is 11.3. The molecule has 2 N–H and O–H groups in total. The van der Waals surface area contributed by atoms with Crippen molar-refractivity contribution >= 4 is 29.2 Å². The molecule has 2 aromatic rings. The van der Waals surface area contributed by atoms with Gasteiger partial charge in [-0.15, -0.1) is 4.48 Å². The van der Waals surface area contributed by atoms with E-state index in [0.717, 1.165) is 35.9 Å². The number of carbonyl (C=O) groups is 1. The van der Waals surface area contributed by atoms with Gasteiger partial charge in [-0.05, 0) is 30.5 Å². The van der Waals surface area contributed by atoms with Crippen molar-refractivity contribution in [3.05, 3.63) is 48.4 Å². The summed E-state index contributed by atoms with van der Waals surface area (Å²) in [5, 5.41) is 5.91. The van der Waals surface area contributed by atoms with Crippen molar-refractivity contribution in [2.45, 2.75) is 5.75 Å². The summed E-state index contributed by atoms with van der Waals surface area (Å²) in [6.45, 7) is 3.05. The molecule has 31 heavy (non-hydrogen) atoms. The molecule has 0 saturated carbocycles. The maximum absolute atomic E-state index is 12.5. The number of nitrogens with zero attached hydrogens (tertiary/aromatic N) is 4. The molecule has 1 aliphatic rings. The van der Waals surface area contributed by atoms with E-state index in [9.17, 15) is 9.28 Å². The second kappa shape index (κ2) is 11.5. The molecule has 0 aliphatic carbocycles. The minimum Gasteiger partial charge on any atom is -0.381 e. The first-order valence-electron chi connectivity index (χ1n) is 9.93. The molecule has 1 fully saturated rings. The van der Waals surface area contributed by atoms with Crippen LogP contribution >= 0.6 is 11.8 Å². The van der Waals surface area contributed by atoms with Gasteiger partial charge in [0.25, 0.3) is 0 Å². The maximum atomic E-state index is 12.5. The third kappa shape index (κ3) is 7.11. The van der Waals surface area contributed by atoms with Crippen molar-refractivity contribution in [1.29, 1.82) is 0 Å². The van der Waals surface area contributed by atoms with Crippen LogP contribution in [-0.2, 0) is 15.3 Å². The van der Waals surface area contributed by atoms with Gasteiger partial charge in [0.15, 0.2) is 5.82 Å². The largest absolute Gasteiger partial charge is 0.381 e. The Morgan fingerprint density at radius 2 is 2.03 bits per heavy atom. The second-order valence-electron chi connectivity index (χ2n) is 6.92. The standard InChI is InChI=1S/C21H27FN6O2S/c1-27(22)8-7-23-14-20(29)24-17-5-3-16(4-6-17)21-25-18(15-31-2)13-19(26-21)28-9-11-30-12-10-28/h3-8,13,23H,9-12,14-15H2,1-2H3,(H,24,29)/b8-7-. The molecule has 1 amide bonds.